The molecule has 1 aromatic heterocycles. The topological polar surface area (TPSA) is 88.2 Å². The highest BCUT2D eigenvalue weighted by Gasteiger charge is 2.05. The molecule has 3 aromatic rings. The van der Waals surface area contributed by atoms with Gasteiger partial charge >= 0.3 is 6.03 Å². The van der Waals surface area contributed by atoms with E-state index >= 15 is 0 Å². The number of urea groups is 1. The second-order valence-electron chi connectivity index (χ2n) is 6.64. The van der Waals surface area contributed by atoms with Crippen LogP contribution >= 0.6 is 0 Å². The molecular formula is C22H25N5O2. The van der Waals surface area contributed by atoms with Gasteiger partial charge in [-0.3, -0.25) is 0 Å². The number of amides is 2. The van der Waals surface area contributed by atoms with Gasteiger partial charge in [-0.25, -0.2) is 9.78 Å². The van der Waals surface area contributed by atoms with Crippen molar-refractivity contribution in [2.45, 2.75) is 27.2 Å². The Morgan fingerprint density at radius 3 is 2.38 bits per heavy atom. The van der Waals surface area contributed by atoms with Crippen LogP contribution in [0.15, 0.2) is 54.6 Å². The van der Waals surface area contributed by atoms with Gasteiger partial charge in [0.1, 0.15) is 11.6 Å². The number of anilines is 4. The van der Waals surface area contributed by atoms with Gasteiger partial charge < -0.3 is 20.7 Å². The Kier molecular flexibility index (Phi) is 6.63. The van der Waals surface area contributed by atoms with Crippen molar-refractivity contribution in [1.29, 1.82) is 0 Å². The molecule has 29 heavy (non-hydrogen) atoms. The summed E-state index contributed by atoms with van der Waals surface area (Å²) in [5.41, 5.74) is 3.36. The number of aromatic nitrogens is 2. The quantitative estimate of drug-likeness (QED) is 0.511. The minimum atomic E-state index is -0.291. The molecule has 0 spiro atoms. The zero-order valence-corrected chi connectivity index (χ0v) is 16.8. The predicted molar refractivity (Wildman–Crippen MR) is 116 cm³/mol. The monoisotopic (exact) mass is 391 g/mol. The highest BCUT2D eigenvalue weighted by Crippen LogP contribution is 2.21. The van der Waals surface area contributed by atoms with Crippen LogP contribution in [0.2, 0.25) is 0 Å². The van der Waals surface area contributed by atoms with Crippen molar-refractivity contribution in [3.05, 3.63) is 66.0 Å². The second-order valence-corrected chi connectivity index (χ2v) is 6.64. The number of nitrogens with zero attached hydrogens (tertiary/aromatic N) is 2. The van der Waals surface area contributed by atoms with E-state index in [2.05, 4.69) is 25.9 Å². The molecule has 3 N–H and O–H groups in total. The third-order valence-corrected chi connectivity index (χ3v) is 3.96. The first-order valence-corrected chi connectivity index (χ1v) is 9.52. The van der Waals surface area contributed by atoms with Crippen LogP contribution in [-0.4, -0.2) is 22.6 Å². The van der Waals surface area contributed by atoms with Crippen molar-refractivity contribution in [1.82, 2.24) is 9.97 Å². The summed E-state index contributed by atoms with van der Waals surface area (Å²) in [4.78, 5) is 20.8. The fourth-order valence-corrected chi connectivity index (χ4v) is 2.69. The van der Waals surface area contributed by atoms with E-state index in [9.17, 15) is 4.79 Å². The fraction of sp³-hybridized carbons (Fsp3) is 0.227. The number of nitrogens with one attached hydrogen (secondary N) is 3. The number of carbonyl (C=O) groups is 1. The number of carbonyl (C=O) groups excluding carboxylic acids is 1. The van der Waals surface area contributed by atoms with Crippen LogP contribution in [0.3, 0.4) is 0 Å². The fourth-order valence-electron chi connectivity index (χ4n) is 2.69. The summed E-state index contributed by atoms with van der Waals surface area (Å²) < 4.78 is 5.59. The zero-order valence-electron chi connectivity index (χ0n) is 16.8. The van der Waals surface area contributed by atoms with Gasteiger partial charge in [-0.2, -0.15) is 4.98 Å². The molecular weight excluding hydrogens is 366 g/mol. The first-order chi connectivity index (χ1) is 14.0. The molecule has 2 aromatic carbocycles. The van der Waals surface area contributed by atoms with Gasteiger partial charge in [-0.15, -0.1) is 0 Å². The lowest BCUT2D eigenvalue weighted by Gasteiger charge is -2.11. The van der Waals surface area contributed by atoms with Gasteiger partial charge in [-0.1, -0.05) is 19.1 Å². The lowest BCUT2D eigenvalue weighted by Crippen LogP contribution is -2.19. The molecule has 0 aliphatic carbocycles. The smallest absolute Gasteiger partial charge is 0.323 e. The van der Waals surface area contributed by atoms with Crippen LogP contribution in [0.1, 0.15) is 24.7 Å². The van der Waals surface area contributed by atoms with Crippen LogP contribution in [0.4, 0.5) is 27.7 Å². The minimum absolute atomic E-state index is 0.291. The van der Waals surface area contributed by atoms with E-state index < -0.39 is 0 Å². The van der Waals surface area contributed by atoms with Gasteiger partial charge in [0.2, 0.25) is 5.88 Å². The number of aryl methyl sites for hydroxylation is 2. The van der Waals surface area contributed by atoms with Crippen molar-refractivity contribution >= 4 is 28.9 Å². The van der Waals surface area contributed by atoms with E-state index in [0.29, 0.717) is 29.8 Å². The van der Waals surface area contributed by atoms with Crippen molar-refractivity contribution in [3.8, 4) is 5.88 Å². The van der Waals surface area contributed by atoms with E-state index in [1.54, 1.807) is 6.07 Å². The molecule has 1 heterocycles. The molecule has 0 bridgehead atoms. The Hall–Kier alpha value is -3.61. The summed E-state index contributed by atoms with van der Waals surface area (Å²) in [6, 6.07) is 16.5. The first-order valence-electron chi connectivity index (χ1n) is 9.52. The predicted octanol–water partition coefficient (Wildman–Crippen LogP) is 5.27. The van der Waals surface area contributed by atoms with E-state index in [4.69, 9.17) is 4.74 Å². The third kappa shape index (κ3) is 6.21. The van der Waals surface area contributed by atoms with Crippen LogP contribution < -0.4 is 20.7 Å². The normalized spacial score (nSPS) is 10.3. The highest BCUT2D eigenvalue weighted by atomic mass is 16.5. The highest BCUT2D eigenvalue weighted by molar-refractivity contribution is 5.99. The molecule has 0 unspecified atom stereocenters. The molecule has 0 aliphatic rings. The summed E-state index contributed by atoms with van der Waals surface area (Å²) in [5, 5.41) is 8.87. The summed E-state index contributed by atoms with van der Waals surface area (Å²) in [7, 11) is 0. The van der Waals surface area contributed by atoms with Gasteiger partial charge in [0, 0.05) is 23.1 Å². The maximum Gasteiger partial charge on any atom is 0.323 e. The number of benzene rings is 2. The minimum Gasteiger partial charge on any atom is -0.478 e. The van der Waals surface area contributed by atoms with Crippen LogP contribution in [0.25, 0.3) is 0 Å². The summed E-state index contributed by atoms with van der Waals surface area (Å²) >= 11 is 0. The van der Waals surface area contributed by atoms with Crippen LogP contribution in [-0.2, 0) is 0 Å². The molecule has 7 nitrogen and oxygen atoms in total. The Morgan fingerprint density at radius 1 is 0.931 bits per heavy atom. The molecule has 0 saturated heterocycles. The average Bonchev–Trinajstić information content (AvgIpc) is 2.67. The number of hydrogen-bond acceptors (Lipinski definition) is 5. The van der Waals surface area contributed by atoms with Gasteiger partial charge in [-0.05, 0) is 62.2 Å². The Morgan fingerprint density at radius 2 is 1.66 bits per heavy atom. The summed E-state index contributed by atoms with van der Waals surface area (Å²) in [6.07, 6.45) is 0.914. The number of rotatable bonds is 7. The molecule has 0 saturated carbocycles. The van der Waals surface area contributed by atoms with Crippen molar-refractivity contribution < 1.29 is 9.53 Å². The number of hydrogen-bond donors (Lipinski definition) is 3. The molecule has 3 rings (SSSR count). The van der Waals surface area contributed by atoms with Gasteiger partial charge in [0.05, 0.1) is 6.61 Å². The average molecular weight is 391 g/mol. The van der Waals surface area contributed by atoms with Crippen LogP contribution in [0.5, 0.6) is 5.88 Å². The molecule has 7 heteroatoms. The molecule has 2 amide bonds. The lowest BCUT2D eigenvalue weighted by molar-refractivity contribution is 0.262. The molecule has 150 valence electrons. The maximum atomic E-state index is 12.2. The standard InChI is InChI=1S/C22H25N5O2/c1-4-12-29-21-14-20(23-16(3)24-21)25-17-8-10-18(11-9-17)26-22(28)27-19-7-5-6-15(2)13-19/h5-11,13-14H,4,12H2,1-3H3,(H,23,24,25)(H2,26,27,28). The molecule has 0 aliphatic heterocycles. The van der Waals surface area contributed by atoms with Crippen molar-refractivity contribution in [2.24, 2.45) is 0 Å². The van der Waals surface area contributed by atoms with Crippen LogP contribution in [0, 0.1) is 13.8 Å². The van der Waals surface area contributed by atoms with Gasteiger partial charge in [0.15, 0.2) is 0 Å². The van der Waals surface area contributed by atoms with E-state index in [1.807, 2.05) is 69.3 Å². The van der Waals surface area contributed by atoms with Crippen molar-refractivity contribution in [3.63, 3.8) is 0 Å². The van der Waals surface area contributed by atoms with E-state index in [-0.39, 0.29) is 6.03 Å². The lowest BCUT2D eigenvalue weighted by atomic mass is 10.2. The third-order valence-electron chi connectivity index (χ3n) is 3.96. The largest absolute Gasteiger partial charge is 0.478 e. The zero-order chi connectivity index (χ0) is 20.6. The summed E-state index contributed by atoms with van der Waals surface area (Å²) in [5.74, 6) is 1.83. The number of ether oxygens (including phenoxy) is 1. The van der Waals surface area contributed by atoms with E-state index in [1.165, 1.54) is 0 Å². The Bertz CT molecular complexity index is 973. The van der Waals surface area contributed by atoms with Gasteiger partial charge in [0.25, 0.3) is 0 Å². The summed E-state index contributed by atoms with van der Waals surface area (Å²) in [6.45, 7) is 6.46. The Balaban J connectivity index is 1.60. The molecule has 0 radical (unpaired) electrons. The SMILES string of the molecule is CCCOc1cc(Nc2ccc(NC(=O)Nc3cccc(C)c3)cc2)nc(C)n1. The second kappa shape index (κ2) is 9.54. The Labute approximate surface area is 170 Å². The first kappa shape index (κ1) is 20.1. The van der Waals surface area contributed by atoms with Crippen molar-refractivity contribution in [2.75, 3.05) is 22.6 Å². The maximum absolute atomic E-state index is 12.2. The molecule has 0 atom stereocenters. The molecule has 0 fully saturated rings. The van der Waals surface area contributed by atoms with E-state index in [0.717, 1.165) is 23.4 Å².